The summed E-state index contributed by atoms with van der Waals surface area (Å²) in [5.41, 5.74) is 1.22. The molecule has 38 heavy (non-hydrogen) atoms. The summed E-state index contributed by atoms with van der Waals surface area (Å²) in [7, 11) is 0. The molecule has 4 aromatic rings. The van der Waals surface area contributed by atoms with Crippen LogP contribution in [0.1, 0.15) is 32.9 Å². The first kappa shape index (κ1) is 25.9. The van der Waals surface area contributed by atoms with Crippen LogP contribution in [0.4, 0.5) is 21.7 Å². The number of benzene rings is 1. The number of fused-ring (bicyclic) bond motifs is 1. The van der Waals surface area contributed by atoms with Gasteiger partial charge in [0, 0.05) is 50.7 Å². The maximum absolute atomic E-state index is 14.7. The van der Waals surface area contributed by atoms with E-state index in [1.807, 2.05) is 24.0 Å². The average Bonchev–Trinajstić information content (AvgIpc) is 3.23. The summed E-state index contributed by atoms with van der Waals surface area (Å²) in [5.74, 6) is 0.386. The lowest BCUT2D eigenvalue weighted by atomic mass is 10.1. The van der Waals surface area contributed by atoms with Crippen molar-refractivity contribution >= 4 is 45.9 Å². The molecular weight excluding hydrogens is 509 g/mol. The summed E-state index contributed by atoms with van der Waals surface area (Å²) in [5, 5.41) is 14.3. The SMILES string of the molecule is CCC(=O)N1CCN(c2ccc(Nc3ncc4c(F)cn(-c5cccc(C(C)(C)O)n5)c4n3)cc2Cl)CC1. The minimum Gasteiger partial charge on any atom is -0.384 e. The second-order valence-corrected chi connectivity index (χ2v) is 10.1. The van der Waals surface area contributed by atoms with Crippen LogP contribution in [0.15, 0.2) is 48.8 Å². The van der Waals surface area contributed by atoms with Gasteiger partial charge in [-0.05, 0) is 44.2 Å². The van der Waals surface area contributed by atoms with Crippen LogP contribution in [0.3, 0.4) is 0 Å². The number of carbonyl (C=O) groups excluding carboxylic acids is 1. The first-order valence-corrected chi connectivity index (χ1v) is 12.8. The van der Waals surface area contributed by atoms with Crippen molar-refractivity contribution in [3.05, 3.63) is 65.3 Å². The summed E-state index contributed by atoms with van der Waals surface area (Å²) in [4.78, 5) is 29.3. The van der Waals surface area contributed by atoms with Crippen LogP contribution < -0.4 is 10.2 Å². The lowest BCUT2D eigenvalue weighted by Crippen LogP contribution is -2.48. The standard InChI is InChI=1S/C27H29ClFN7O2/c1-4-24(37)35-12-10-34(11-13-35)21-9-8-17(14-19(21)28)31-26-30-15-18-20(29)16-36(25(18)33-26)23-7-5-6-22(32-23)27(2,3)38/h5-9,14-16,38H,4,10-13H2,1-3H3,(H,30,31,33). The lowest BCUT2D eigenvalue weighted by Gasteiger charge is -2.36. The van der Waals surface area contributed by atoms with Crippen LogP contribution >= 0.6 is 11.6 Å². The van der Waals surface area contributed by atoms with E-state index in [1.54, 1.807) is 38.1 Å². The molecule has 1 aromatic carbocycles. The molecule has 0 spiro atoms. The quantitative estimate of drug-likeness (QED) is 0.370. The Kier molecular flexibility index (Phi) is 6.93. The van der Waals surface area contributed by atoms with Gasteiger partial charge < -0.3 is 20.2 Å². The minimum atomic E-state index is -1.15. The van der Waals surface area contributed by atoms with Gasteiger partial charge in [-0.2, -0.15) is 4.98 Å². The Hall–Kier alpha value is -3.76. The van der Waals surface area contributed by atoms with Crippen LogP contribution in [-0.4, -0.2) is 61.6 Å². The molecule has 3 aromatic heterocycles. The predicted octanol–water partition coefficient (Wildman–Crippen LogP) is 4.64. The second kappa shape index (κ2) is 10.2. The molecule has 0 bridgehead atoms. The van der Waals surface area contributed by atoms with Crippen molar-refractivity contribution in [2.75, 3.05) is 36.4 Å². The maximum Gasteiger partial charge on any atom is 0.229 e. The molecule has 1 aliphatic heterocycles. The van der Waals surface area contributed by atoms with Gasteiger partial charge in [0.15, 0.2) is 11.5 Å². The van der Waals surface area contributed by atoms with Crippen molar-refractivity contribution in [1.82, 2.24) is 24.4 Å². The fraction of sp³-hybridized carbons (Fsp3) is 0.333. The van der Waals surface area contributed by atoms with Gasteiger partial charge in [-0.15, -0.1) is 0 Å². The van der Waals surface area contributed by atoms with Crippen molar-refractivity contribution in [2.24, 2.45) is 0 Å². The predicted molar refractivity (Wildman–Crippen MR) is 146 cm³/mol. The van der Waals surface area contributed by atoms with E-state index < -0.39 is 11.4 Å². The molecule has 2 N–H and O–H groups in total. The van der Waals surface area contributed by atoms with E-state index in [-0.39, 0.29) is 17.2 Å². The number of piperazine rings is 1. The highest BCUT2D eigenvalue weighted by molar-refractivity contribution is 6.33. The van der Waals surface area contributed by atoms with Gasteiger partial charge in [-0.1, -0.05) is 24.6 Å². The topological polar surface area (TPSA) is 99.4 Å². The molecule has 0 radical (unpaired) electrons. The molecule has 4 heterocycles. The molecule has 1 aliphatic rings. The first-order valence-electron chi connectivity index (χ1n) is 12.5. The average molecular weight is 538 g/mol. The van der Waals surface area contributed by atoms with Crippen molar-refractivity contribution < 1.29 is 14.3 Å². The molecule has 198 valence electrons. The number of aromatic nitrogens is 4. The number of carbonyl (C=O) groups is 1. The second-order valence-electron chi connectivity index (χ2n) is 9.73. The molecular formula is C27H29ClFN7O2. The fourth-order valence-electron chi connectivity index (χ4n) is 4.49. The number of nitrogens with one attached hydrogen (secondary N) is 1. The Morgan fingerprint density at radius 1 is 1.16 bits per heavy atom. The Balaban J connectivity index is 1.38. The molecule has 5 rings (SSSR count). The zero-order chi connectivity index (χ0) is 27.0. The third kappa shape index (κ3) is 5.14. The summed E-state index contributed by atoms with van der Waals surface area (Å²) in [6.07, 6.45) is 3.23. The highest BCUT2D eigenvalue weighted by atomic mass is 35.5. The molecule has 1 saturated heterocycles. The smallest absolute Gasteiger partial charge is 0.229 e. The molecule has 0 atom stereocenters. The van der Waals surface area contributed by atoms with Crippen molar-refractivity contribution in [1.29, 1.82) is 0 Å². The lowest BCUT2D eigenvalue weighted by molar-refractivity contribution is -0.131. The van der Waals surface area contributed by atoms with E-state index in [9.17, 15) is 14.3 Å². The summed E-state index contributed by atoms with van der Waals surface area (Å²) >= 11 is 6.62. The van der Waals surface area contributed by atoms with Crippen molar-refractivity contribution in [3.8, 4) is 5.82 Å². The van der Waals surface area contributed by atoms with Gasteiger partial charge in [-0.3, -0.25) is 9.36 Å². The third-order valence-corrected chi connectivity index (χ3v) is 6.89. The highest BCUT2D eigenvalue weighted by Crippen LogP contribution is 2.31. The zero-order valence-electron chi connectivity index (χ0n) is 21.4. The van der Waals surface area contributed by atoms with Crippen LogP contribution in [0.2, 0.25) is 5.02 Å². The van der Waals surface area contributed by atoms with E-state index in [0.29, 0.717) is 60.5 Å². The number of halogens is 2. The molecule has 9 nitrogen and oxygen atoms in total. The Labute approximate surface area is 224 Å². The van der Waals surface area contributed by atoms with Gasteiger partial charge in [0.2, 0.25) is 11.9 Å². The number of hydrogen-bond acceptors (Lipinski definition) is 7. The van der Waals surface area contributed by atoms with E-state index >= 15 is 0 Å². The normalized spacial score (nSPS) is 14.3. The molecule has 11 heteroatoms. The number of pyridine rings is 1. The number of hydrogen-bond donors (Lipinski definition) is 2. The van der Waals surface area contributed by atoms with Crippen LogP contribution in [-0.2, 0) is 10.4 Å². The van der Waals surface area contributed by atoms with Gasteiger partial charge in [0.1, 0.15) is 11.4 Å². The third-order valence-electron chi connectivity index (χ3n) is 6.58. The monoisotopic (exact) mass is 537 g/mol. The fourth-order valence-corrected chi connectivity index (χ4v) is 4.79. The van der Waals surface area contributed by atoms with E-state index in [4.69, 9.17) is 11.6 Å². The molecule has 0 unspecified atom stereocenters. The zero-order valence-corrected chi connectivity index (χ0v) is 22.2. The Bertz CT molecular complexity index is 1490. The van der Waals surface area contributed by atoms with Gasteiger partial charge in [0.05, 0.1) is 21.8 Å². The van der Waals surface area contributed by atoms with Gasteiger partial charge in [0.25, 0.3) is 0 Å². The number of rotatable bonds is 6. The molecule has 1 fully saturated rings. The van der Waals surface area contributed by atoms with Crippen LogP contribution in [0, 0.1) is 5.82 Å². The summed E-state index contributed by atoms with van der Waals surface area (Å²) < 4.78 is 16.2. The van der Waals surface area contributed by atoms with E-state index in [2.05, 4.69) is 25.2 Å². The number of nitrogens with zero attached hydrogens (tertiary/aromatic N) is 6. The van der Waals surface area contributed by atoms with E-state index in [0.717, 1.165) is 5.69 Å². The summed E-state index contributed by atoms with van der Waals surface area (Å²) in [6.45, 7) is 7.91. The first-order chi connectivity index (χ1) is 18.1. The van der Waals surface area contributed by atoms with Crippen molar-refractivity contribution in [2.45, 2.75) is 32.8 Å². The summed E-state index contributed by atoms with van der Waals surface area (Å²) in [6, 6.07) is 10.8. The molecule has 1 amide bonds. The Morgan fingerprint density at radius 3 is 2.61 bits per heavy atom. The number of aliphatic hydroxyl groups is 1. The molecule has 0 aliphatic carbocycles. The number of amides is 1. The highest BCUT2D eigenvalue weighted by Gasteiger charge is 2.22. The number of anilines is 3. The largest absolute Gasteiger partial charge is 0.384 e. The Morgan fingerprint density at radius 2 is 1.92 bits per heavy atom. The van der Waals surface area contributed by atoms with Gasteiger partial charge >= 0.3 is 0 Å². The van der Waals surface area contributed by atoms with Crippen LogP contribution in [0.5, 0.6) is 0 Å². The minimum absolute atomic E-state index is 0.166. The van der Waals surface area contributed by atoms with Gasteiger partial charge in [-0.25, -0.2) is 14.4 Å². The van der Waals surface area contributed by atoms with Crippen molar-refractivity contribution in [3.63, 3.8) is 0 Å². The molecule has 0 saturated carbocycles. The maximum atomic E-state index is 14.7. The van der Waals surface area contributed by atoms with Crippen LogP contribution in [0.25, 0.3) is 16.9 Å². The van der Waals surface area contributed by atoms with E-state index in [1.165, 1.54) is 17.0 Å².